The van der Waals surface area contributed by atoms with Crippen molar-refractivity contribution in [3.63, 3.8) is 0 Å². The van der Waals surface area contributed by atoms with Gasteiger partial charge in [0.15, 0.2) is 5.65 Å². The van der Waals surface area contributed by atoms with E-state index in [1.54, 1.807) is 20.8 Å². The Bertz CT molecular complexity index is 856. The minimum absolute atomic E-state index is 0.235. The average molecular weight is 384 g/mol. The van der Waals surface area contributed by atoms with Gasteiger partial charge in [-0.15, -0.1) is 0 Å². The number of imidazole rings is 1. The molecule has 3 heterocycles. The number of carbonyl (C=O) groups excluding carboxylic acids is 1. The second-order valence-corrected chi connectivity index (χ2v) is 7.49. The van der Waals surface area contributed by atoms with E-state index in [9.17, 15) is 9.59 Å². The zero-order chi connectivity index (χ0) is 18.9. The highest BCUT2D eigenvalue weighted by atomic mass is 35.5. The van der Waals surface area contributed by atoms with E-state index in [1.165, 1.54) is 6.20 Å². The average Bonchev–Trinajstić information content (AvgIpc) is 2.92. The molecule has 142 valence electrons. The van der Waals surface area contributed by atoms with Crippen molar-refractivity contribution in [1.82, 2.24) is 20.3 Å². The number of nitrogens with one attached hydrogen (secondary N) is 3. The van der Waals surface area contributed by atoms with Crippen LogP contribution in [-0.2, 0) is 9.47 Å². The van der Waals surface area contributed by atoms with Crippen LogP contribution >= 0.6 is 11.6 Å². The number of fused-ring (bicyclic) bond motifs is 1. The number of H-pyrrole nitrogens is 2. The van der Waals surface area contributed by atoms with Gasteiger partial charge in [0.05, 0.1) is 29.6 Å². The van der Waals surface area contributed by atoms with Crippen LogP contribution in [0.1, 0.15) is 20.8 Å². The second kappa shape index (κ2) is 7.16. The zero-order valence-corrected chi connectivity index (χ0v) is 15.6. The van der Waals surface area contributed by atoms with Crippen molar-refractivity contribution in [3.05, 3.63) is 21.7 Å². The minimum Gasteiger partial charge on any atom is -0.444 e. The van der Waals surface area contributed by atoms with Gasteiger partial charge in [0.2, 0.25) is 0 Å². The van der Waals surface area contributed by atoms with Gasteiger partial charge in [-0.2, -0.15) is 0 Å². The number of morpholine rings is 1. The first-order valence-corrected chi connectivity index (χ1v) is 8.70. The summed E-state index contributed by atoms with van der Waals surface area (Å²) in [6, 6.07) is 0. The minimum atomic E-state index is -0.556. The van der Waals surface area contributed by atoms with Gasteiger partial charge < -0.3 is 24.7 Å². The van der Waals surface area contributed by atoms with Crippen LogP contribution in [0.2, 0.25) is 5.02 Å². The van der Waals surface area contributed by atoms with Gasteiger partial charge in [0.1, 0.15) is 11.1 Å². The molecular formula is C16H22ClN5O4. The Morgan fingerprint density at radius 1 is 1.50 bits per heavy atom. The summed E-state index contributed by atoms with van der Waals surface area (Å²) in [5.41, 5.74) is 0.806. The molecule has 10 heteroatoms. The summed E-state index contributed by atoms with van der Waals surface area (Å²) in [7, 11) is 0. The van der Waals surface area contributed by atoms with Gasteiger partial charge >= 0.3 is 11.8 Å². The molecule has 0 aliphatic carbocycles. The standard InChI is InChI=1S/C16H22ClN5O4/c1-16(2,3)26-15(24)19-6-9-8-22(4-5-25-9)12-10(17)7-18-13-11(12)20-14(23)21-13/h7,9H,4-6,8H2,1-3H3,(H,19,24)(H2,18,20,21,23). The number of carbonyl (C=O) groups is 1. The Hall–Kier alpha value is -2.26. The van der Waals surface area contributed by atoms with Crippen LogP contribution < -0.4 is 15.9 Å². The second-order valence-electron chi connectivity index (χ2n) is 7.08. The lowest BCUT2D eigenvalue weighted by molar-refractivity contribution is 0.0283. The Morgan fingerprint density at radius 3 is 3.00 bits per heavy atom. The molecule has 1 atom stereocenters. The Morgan fingerprint density at radius 2 is 2.27 bits per heavy atom. The van der Waals surface area contributed by atoms with Crippen molar-refractivity contribution >= 4 is 34.5 Å². The van der Waals surface area contributed by atoms with Crippen LogP contribution in [0.15, 0.2) is 11.0 Å². The molecular weight excluding hydrogens is 362 g/mol. The third-order valence-corrected chi connectivity index (χ3v) is 4.08. The van der Waals surface area contributed by atoms with E-state index in [1.807, 2.05) is 4.90 Å². The fraction of sp³-hybridized carbons (Fsp3) is 0.562. The van der Waals surface area contributed by atoms with E-state index in [2.05, 4.69) is 20.3 Å². The molecule has 1 amide bonds. The molecule has 26 heavy (non-hydrogen) atoms. The maximum atomic E-state index is 11.8. The molecule has 1 saturated heterocycles. The molecule has 0 bridgehead atoms. The SMILES string of the molecule is CC(C)(C)OC(=O)NCC1CN(c2c(Cl)cnc3[nH]c(=O)[nH]c23)CCO1. The van der Waals surface area contributed by atoms with Crippen molar-refractivity contribution in [2.75, 3.05) is 31.1 Å². The summed E-state index contributed by atoms with van der Waals surface area (Å²) < 4.78 is 10.9. The molecule has 0 saturated carbocycles. The molecule has 0 aromatic carbocycles. The number of halogens is 1. The topological polar surface area (TPSA) is 112 Å². The highest BCUT2D eigenvalue weighted by Crippen LogP contribution is 2.31. The predicted octanol–water partition coefficient (Wildman–Crippen LogP) is 1.63. The number of anilines is 1. The zero-order valence-electron chi connectivity index (χ0n) is 14.9. The number of ether oxygens (including phenoxy) is 2. The van der Waals surface area contributed by atoms with Crippen LogP contribution in [0.4, 0.5) is 10.5 Å². The summed E-state index contributed by atoms with van der Waals surface area (Å²) in [4.78, 5) is 34.9. The third kappa shape index (κ3) is 4.28. The largest absolute Gasteiger partial charge is 0.444 e. The number of nitrogens with zero attached hydrogens (tertiary/aromatic N) is 2. The Balaban J connectivity index is 1.70. The summed E-state index contributed by atoms with van der Waals surface area (Å²) in [5.74, 6) is 0. The molecule has 3 rings (SSSR count). The summed E-state index contributed by atoms with van der Waals surface area (Å²) in [6.07, 6.45) is 0.783. The molecule has 1 unspecified atom stereocenters. The van der Waals surface area contributed by atoms with E-state index < -0.39 is 11.7 Å². The molecule has 9 nitrogen and oxygen atoms in total. The number of amides is 1. The number of pyridine rings is 1. The predicted molar refractivity (Wildman–Crippen MR) is 97.9 cm³/mol. The highest BCUT2D eigenvalue weighted by Gasteiger charge is 2.26. The number of aromatic nitrogens is 3. The van der Waals surface area contributed by atoms with E-state index in [0.29, 0.717) is 48.1 Å². The number of rotatable bonds is 3. The summed E-state index contributed by atoms with van der Waals surface area (Å²) >= 11 is 6.32. The van der Waals surface area contributed by atoms with Crippen molar-refractivity contribution < 1.29 is 14.3 Å². The Labute approximate surface area is 155 Å². The van der Waals surface area contributed by atoms with Gasteiger partial charge in [-0.1, -0.05) is 11.6 Å². The number of hydrogen-bond donors (Lipinski definition) is 3. The normalized spacial score (nSPS) is 18.2. The number of aromatic amines is 2. The van der Waals surface area contributed by atoms with Crippen LogP contribution in [0.5, 0.6) is 0 Å². The van der Waals surface area contributed by atoms with Crippen molar-refractivity contribution in [2.45, 2.75) is 32.5 Å². The van der Waals surface area contributed by atoms with Crippen LogP contribution in [-0.4, -0.2) is 59.0 Å². The van der Waals surface area contributed by atoms with E-state index >= 15 is 0 Å². The van der Waals surface area contributed by atoms with E-state index in [0.717, 1.165) is 0 Å². The monoisotopic (exact) mass is 383 g/mol. The highest BCUT2D eigenvalue weighted by molar-refractivity contribution is 6.34. The lowest BCUT2D eigenvalue weighted by Gasteiger charge is -2.35. The maximum absolute atomic E-state index is 11.8. The van der Waals surface area contributed by atoms with Crippen molar-refractivity contribution in [3.8, 4) is 0 Å². The van der Waals surface area contributed by atoms with E-state index in [-0.39, 0.29) is 11.8 Å². The third-order valence-electron chi connectivity index (χ3n) is 3.81. The molecule has 2 aromatic heterocycles. The summed E-state index contributed by atoms with van der Waals surface area (Å²) in [5, 5.41) is 3.15. The van der Waals surface area contributed by atoms with Gasteiger partial charge in [0.25, 0.3) is 0 Å². The fourth-order valence-corrected chi connectivity index (χ4v) is 3.07. The smallest absolute Gasteiger partial charge is 0.407 e. The van der Waals surface area contributed by atoms with Gasteiger partial charge in [-0.25, -0.2) is 14.6 Å². The first-order valence-electron chi connectivity index (χ1n) is 8.33. The van der Waals surface area contributed by atoms with Crippen molar-refractivity contribution in [1.29, 1.82) is 0 Å². The molecule has 1 aliphatic heterocycles. The molecule has 0 spiro atoms. The Kier molecular flexibility index (Phi) is 5.10. The molecule has 1 fully saturated rings. The molecule has 2 aromatic rings. The van der Waals surface area contributed by atoms with E-state index in [4.69, 9.17) is 21.1 Å². The van der Waals surface area contributed by atoms with Gasteiger partial charge in [0, 0.05) is 19.6 Å². The van der Waals surface area contributed by atoms with Gasteiger partial charge in [-0.3, -0.25) is 4.98 Å². The number of hydrogen-bond acceptors (Lipinski definition) is 6. The molecule has 0 radical (unpaired) electrons. The van der Waals surface area contributed by atoms with Crippen molar-refractivity contribution in [2.24, 2.45) is 0 Å². The molecule has 1 aliphatic rings. The van der Waals surface area contributed by atoms with Gasteiger partial charge in [-0.05, 0) is 20.8 Å². The molecule has 3 N–H and O–H groups in total. The lowest BCUT2D eigenvalue weighted by atomic mass is 10.2. The van der Waals surface area contributed by atoms with Crippen LogP contribution in [0.25, 0.3) is 11.2 Å². The summed E-state index contributed by atoms with van der Waals surface area (Å²) in [6.45, 7) is 7.30. The first-order chi connectivity index (χ1) is 12.2. The first kappa shape index (κ1) is 18.5. The number of alkyl carbamates (subject to hydrolysis) is 1. The maximum Gasteiger partial charge on any atom is 0.407 e. The quantitative estimate of drug-likeness (QED) is 0.742. The van der Waals surface area contributed by atoms with Crippen LogP contribution in [0.3, 0.4) is 0 Å². The fourth-order valence-electron chi connectivity index (χ4n) is 2.81. The lowest BCUT2D eigenvalue weighted by Crippen LogP contribution is -2.48. The van der Waals surface area contributed by atoms with Crippen LogP contribution in [0, 0.1) is 0 Å².